The lowest BCUT2D eigenvalue weighted by Gasteiger charge is -2.08. The Bertz CT molecular complexity index is 600. The second kappa shape index (κ2) is 4.66. The van der Waals surface area contributed by atoms with E-state index >= 15 is 0 Å². The minimum absolute atomic E-state index is 0.0261. The molecule has 0 unspecified atom stereocenters. The van der Waals surface area contributed by atoms with Crippen LogP contribution in [0.15, 0.2) is 23.5 Å². The largest absolute Gasteiger partial charge is 0.409 e. The lowest BCUT2D eigenvalue weighted by atomic mass is 10.2. The van der Waals surface area contributed by atoms with Crippen LogP contribution in [0.4, 0.5) is 0 Å². The highest BCUT2D eigenvalue weighted by Gasteiger charge is 2.13. The Morgan fingerprint density at radius 1 is 1.44 bits per heavy atom. The number of rotatable bonds is 2. The summed E-state index contributed by atoms with van der Waals surface area (Å²) in [5, 5.41) is 16.5. The van der Waals surface area contributed by atoms with Gasteiger partial charge in [0, 0.05) is 5.69 Å². The molecule has 7 heteroatoms. The van der Waals surface area contributed by atoms with Crippen molar-refractivity contribution < 1.29 is 5.21 Å². The van der Waals surface area contributed by atoms with E-state index < -0.39 is 0 Å². The number of oxime groups is 1. The second-order valence-corrected chi connectivity index (χ2v) is 4.22. The summed E-state index contributed by atoms with van der Waals surface area (Å²) in [4.78, 5) is 4.34. The summed E-state index contributed by atoms with van der Waals surface area (Å²) in [6.45, 7) is 3.63. The third-order valence-corrected chi connectivity index (χ3v) is 2.83. The zero-order valence-electron chi connectivity index (χ0n) is 9.92. The fraction of sp³-hybridized carbons (Fsp3) is 0.182. The molecule has 0 fully saturated rings. The van der Waals surface area contributed by atoms with Crippen molar-refractivity contribution in [1.29, 1.82) is 0 Å². The maximum absolute atomic E-state index is 8.77. The molecule has 0 saturated carbocycles. The first kappa shape index (κ1) is 12.4. The van der Waals surface area contributed by atoms with Crippen LogP contribution >= 0.6 is 11.6 Å². The van der Waals surface area contributed by atoms with Crippen molar-refractivity contribution >= 4 is 17.4 Å². The predicted molar refractivity (Wildman–Crippen MR) is 68.4 cm³/mol. The Morgan fingerprint density at radius 3 is 2.72 bits per heavy atom. The second-order valence-electron chi connectivity index (χ2n) is 3.82. The van der Waals surface area contributed by atoms with E-state index in [0.29, 0.717) is 22.1 Å². The van der Waals surface area contributed by atoms with Crippen LogP contribution in [0.25, 0.3) is 5.82 Å². The molecule has 0 aliphatic rings. The van der Waals surface area contributed by atoms with Crippen molar-refractivity contribution in [3.8, 4) is 5.82 Å². The van der Waals surface area contributed by atoms with Gasteiger partial charge in [0.05, 0.1) is 22.5 Å². The molecular weight excluding hydrogens is 254 g/mol. The molecule has 2 rings (SSSR count). The van der Waals surface area contributed by atoms with Crippen molar-refractivity contribution in [2.45, 2.75) is 13.8 Å². The summed E-state index contributed by atoms with van der Waals surface area (Å²) in [5.41, 5.74) is 7.58. The maximum Gasteiger partial charge on any atom is 0.173 e. The van der Waals surface area contributed by atoms with Gasteiger partial charge >= 0.3 is 0 Å². The SMILES string of the molecule is Cc1ccc(C(N)=NO)c(-n2cc(Cl)c(C)n2)n1. The van der Waals surface area contributed by atoms with Crippen LogP contribution in [0.3, 0.4) is 0 Å². The molecule has 18 heavy (non-hydrogen) atoms. The molecule has 94 valence electrons. The Morgan fingerprint density at radius 2 is 2.17 bits per heavy atom. The smallest absolute Gasteiger partial charge is 0.173 e. The van der Waals surface area contributed by atoms with Crippen LogP contribution in [-0.4, -0.2) is 25.8 Å². The monoisotopic (exact) mass is 265 g/mol. The van der Waals surface area contributed by atoms with Gasteiger partial charge in [0.15, 0.2) is 11.7 Å². The first-order valence-corrected chi connectivity index (χ1v) is 5.58. The number of aromatic nitrogens is 3. The number of halogens is 1. The van der Waals surface area contributed by atoms with Gasteiger partial charge in [0.1, 0.15) is 0 Å². The van der Waals surface area contributed by atoms with Gasteiger partial charge in [0.25, 0.3) is 0 Å². The van der Waals surface area contributed by atoms with Crippen molar-refractivity contribution in [3.63, 3.8) is 0 Å². The zero-order valence-corrected chi connectivity index (χ0v) is 10.7. The summed E-state index contributed by atoms with van der Waals surface area (Å²) < 4.78 is 1.51. The van der Waals surface area contributed by atoms with Crippen LogP contribution in [0.5, 0.6) is 0 Å². The van der Waals surface area contributed by atoms with Crippen LogP contribution in [0.1, 0.15) is 17.0 Å². The van der Waals surface area contributed by atoms with Crippen LogP contribution in [0.2, 0.25) is 5.02 Å². The van der Waals surface area contributed by atoms with Crippen LogP contribution in [0, 0.1) is 13.8 Å². The summed E-state index contributed by atoms with van der Waals surface area (Å²) >= 11 is 5.96. The number of pyridine rings is 1. The summed E-state index contributed by atoms with van der Waals surface area (Å²) in [7, 11) is 0. The summed E-state index contributed by atoms with van der Waals surface area (Å²) in [6, 6.07) is 3.49. The van der Waals surface area contributed by atoms with E-state index in [1.807, 2.05) is 6.92 Å². The first-order chi connectivity index (χ1) is 8.52. The number of hydrogen-bond acceptors (Lipinski definition) is 4. The summed E-state index contributed by atoms with van der Waals surface area (Å²) in [5.74, 6) is 0.446. The molecule has 6 nitrogen and oxygen atoms in total. The predicted octanol–water partition coefficient (Wildman–Crippen LogP) is 1.63. The fourth-order valence-corrected chi connectivity index (χ4v) is 1.65. The third-order valence-electron chi connectivity index (χ3n) is 2.45. The molecule has 0 spiro atoms. The topological polar surface area (TPSA) is 89.3 Å². The number of aryl methyl sites for hydroxylation is 2. The number of hydrogen-bond donors (Lipinski definition) is 2. The Balaban J connectivity index is 2.65. The molecular formula is C11H12ClN5O. The highest BCUT2D eigenvalue weighted by molar-refractivity contribution is 6.31. The minimum atomic E-state index is -0.0261. The molecule has 0 radical (unpaired) electrons. The average Bonchev–Trinajstić information content (AvgIpc) is 2.68. The lowest BCUT2D eigenvalue weighted by molar-refractivity contribution is 0.318. The van der Waals surface area contributed by atoms with E-state index in [2.05, 4.69) is 15.2 Å². The van der Waals surface area contributed by atoms with E-state index in [9.17, 15) is 0 Å². The quantitative estimate of drug-likeness (QED) is 0.374. The Kier molecular flexibility index (Phi) is 3.20. The number of amidine groups is 1. The van der Waals surface area contributed by atoms with Gasteiger partial charge in [0.2, 0.25) is 0 Å². The van der Waals surface area contributed by atoms with Gasteiger partial charge in [-0.1, -0.05) is 16.8 Å². The molecule has 0 amide bonds. The van der Waals surface area contributed by atoms with Crippen molar-refractivity contribution in [1.82, 2.24) is 14.8 Å². The third kappa shape index (κ3) is 2.14. The first-order valence-electron chi connectivity index (χ1n) is 5.20. The van der Waals surface area contributed by atoms with Crippen molar-refractivity contribution in [3.05, 3.63) is 40.3 Å². The van der Waals surface area contributed by atoms with Gasteiger partial charge in [-0.2, -0.15) is 5.10 Å². The molecule has 0 bridgehead atoms. The Hall–Kier alpha value is -2.08. The molecule has 0 aliphatic carbocycles. The maximum atomic E-state index is 8.77. The molecule has 0 saturated heterocycles. The molecule has 0 atom stereocenters. The van der Waals surface area contributed by atoms with Crippen molar-refractivity contribution in [2.24, 2.45) is 10.9 Å². The Labute approximate surface area is 109 Å². The van der Waals surface area contributed by atoms with E-state index in [0.717, 1.165) is 5.69 Å². The molecule has 0 aromatic carbocycles. The van der Waals surface area contributed by atoms with E-state index in [1.165, 1.54) is 4.68 Å². The average molecular weight is 266 g/mol. The highest BCUT2D eigenvalue weighted by Crippen LogP contribution is 2.18. The van der Waals surface area contributed by atoms with Gasteiger partial charge in [-0.05, 0) is 26.0 Å². The number of nitrogens with zero attached hydrogens (tertiary/aromatic N) is 4. The minimum Gasteiger partial charge on any atom is -0.409 e. The fourth-order valence-electron chi connectivity index (χ4n) is 1.52. The molecule has 2 aromatic heterocycles. The van der Waals surface area contributed by atoms with Gasteiger partial charge < -0.3 is 10.9 Å². The zero-order chi connectivity index (χ0) is 13.3. The molecule has 0 aliphatic heterocycles. The molecule has 2 aromatic rings. The van der Waals surface area contributed by atoms with E-state index in [4.69, 9.17) is 22.5 Å². The van der Waals surface area contributed by atoms with Crippen molar-refractivity contribution in [2.75, 3.05) is 0 Å². The van der Waals surface area contributed by atoms with Gasteiger partial charge in [-0.3, -0.25) is 0 Å². The summed E-state index contributed by atoms with van der Waals surface area (Å²) in [6.07, 6.45) is 1.63. The van der Waals surface area contributed by atoms with E-state index in [-0.39, 0.29) is 5.84 Å². The van der Waals surface area contributed by atoms with Crippen LogP contribution < -0.4 is 5.73 Å². The number of nitrogens with two attached hydrogens (primary N) is 1. The van der Waals surface area contributed by atoms with Gasteiger partial charge in [-0.25, -0.2) is 9.67 Å². The standard InChI is InChI=1S/C11H12ClN5O/c1-6-3-4-8(10(13)16-18)11(14-6)17-5-9(12)7(2)15-17/h3-5,18H,1-2H3,(H2,13,16). The van der Waals surface area contributed by atoms with E-state index in [1.54, 1.807) is 25.3 Å². The molecule has 3 N–H and O–H groups in total. The van der Waals surface area contributed by atoms with Crippen LogP contribution in [-0.2, 0) is 0 Å². The lowest BCUT2D eigenvalue weighted by Crippen LogP contribution is -2.18. The molecule has 2 heterocycles. The highest BCUT2D eigenvalue weighted by atomic mass is 35.5. The van der Waals surface area contributed by atoms with Gasteiger partial charge in [-0.15, -0.1) is 0 Å². The normalized spacial score (nSPS) is 11.8.